The van der Waals surface area contributed by atoms with Crippen molar-refractivity contribution in [1.29, 1.82) is 0 Å². The molecule has 2 unspecified atom stereocenters. The van der Waals surface area contributed by atoms with Gasteiger partial charge in [-0.2, -0.15) is 0 Å². The Hall–Kier alpha value is -2.63. The molecule has 0 spiro atoms. The van der Waals surface area contributed by atoms with Gasteiger partial charge in [-0.3, -0.25) is 23.7 Å². The molecule has 3 aliphatic heterocycles. The Morgan fingerprint density at radius 1 is 0.974 bits per heavy atom. The summed E-state index contributed by atoms with van der Waals surface area (Å²) in [5, 5.41) is 0.298. The zero-order valence-electron chi connectivity index (χ0n) is 19.8. The molecule has 38 heavy (non-hydrogen) atoms. The van der Waals surface area contributed by atoms with Crippen LogP contribution in [0, 0.1) is 5.92 Å². The van der Waals surface area contributed by atoms with Gasteiger partial charge in [0.05, 0.1) is 39.9 Å². The molecular formula is C26H21Cl2N3O5S2. The van der Waals surface area contributed by atoms with Crippen LogP contribution < -0.4 is 9.77 Å². The maximum atomic E-state index is 13.9. The van der Waals surface area contributed by atoms with Crippen LogP contribution in [0.3, 0.4) is 0 Å². The van der Waals surface area contributed by atoms with E-state index < -0.39 is 17.1 Å². The fraction of sp³-hybridized carbons (Fsp3) is 0.308. The monoisotopic (exact) mass is 589 g/mol. The summed E-state index contributed by atoms with van der Waals surface area (Å²) in [4.78, 5) is 57.1. The van der Waals surface area contributed by atoms with Crippen LogP contribution in [0.1, 0.15) is 16.4 Å². The highest BCUT2D eigenvalue weighted by atomic mass is 35.5. The normalized spacial score (nSPS) is 22.9. The number of hydrogen-bond acceptors (Lipinski definition) is 7. The van der Waals surface area contributed by atoms with Gasteiger partial charge in [-0.25, -0.2) is 4.90 Å². The number of carbonyl (C=O) groups excluding carboxylic acids is 3. The standard InChI is InChI=1S/C26H21Cl2N3O5S2/c27-16-8-4-7-15(20(16)28)18-19-21(24(34)31(23(19)33)14-5-2-1-3-6-14)37-25-22(18)38-26(35)30(25)13-17(32)29-9-11-36-12-10-29/h1-8,18-19,21H,9-13H2/t18-,19?,21?/m1/s1. The number of thiazole rings is 1. The molecule has 3 aromatic rings. The second-order valence-electron chi connectivity index (χ2n) is 9.15. The molecule has 8 nitrogen and oxygen atoms in total. The van der Waals surface area contributed by atoms with E-state index in [1.165, 1.54) is 21.2 Å². The molecule has 2 saturated heterocycles. The number of imide groups is 1. The first-order chi connectivity index (χ1) is 18.4. The predicted molar refractivity (Wildman–Crippen MR) is 146 cm³/mol. The highest BCUT2D eigenvalue weighted by Crippen LogP contribution is 2.55. The lowest BCUT2D eigenvalue weighted by molar-refractivity contribution is -0.136. The zero-order chi connectivity index (χ0) is 26.6. The number of benzene rings is 2. The Labute approximate surface area is 236 Å². The molecule has 0 saturated carbocycles. The Balaban J connectivity index is 1.47. The average molecular weight is 591 g/mol. The number of morpholine rings is 1. The number of carbonyl (C=O) groups is 3. The van der Waals surface area contributed by atoms with Gasteiger partial charge in [-0.05, 0) is 23.8 Å². The molecule has 4 heterocycles. The van der Waals surface area contributed by atoms with Crippen molar-refractivity contribution in [2.45, 2.75) is 22.7 Å². The first-order valence-corrected chi connectivity index (χ1v) is 14.4. The summed E-state index contributed by atoms with van der Waals surface area (Å²) >= 11 is 15.2. The van der Waals surface area contributed by atoms with Gasteiger partial charge in [0.15, 0.2) is 0 Å². The smallest absolute Gasteiger partial charge is 0.308 e. The highest BCUT2D eigenvalue weighted by molar-refractivity contribution is 8.00. The summed E-state index contributed by atoms with van der Waals surface area (Å²) in [5.74, 6) is -2.39. The van der Waals surface area contributed by atoms with Gasteiger partial charge in [-0.15, -0.1) is 0 Å². The van der Waals surface area contributed by atoms with E-state index in [4.69, 9.17) is 27.9 Å². The number of ether oxygens (including phenoxy) is 1. The number of nitrogens with zero attached hydrogens (tertiary/aromatic N) is 3. The predicted octanol–water partition coefficient (Wildman–Crippen LogP) is 3.87. The summed E-state index contributed by atoms with van der Waals surface area (Å²) in [6, 6.07) is 13.9. The Bertz CT molecular complexity index is 1500. The van der Waals surface area contributed by atoms with Crippen molar-refractivity contribution in [3.05, 3.63) is 78.7 Å². The summed E-state index contributed by atoms with van der Waals surface area (Å²) < 4.78 is 6.76. The molecule has 2 fully saturated rings. The lowest BCUT2D eigenvalue weighted by Crippen LogP contribution is -2.43. The van der Waals surface area contributed by atoms with Crippen molar-refractivity contribution in [1.82, 2.24) is 9.47 Å². The van der Waals surface area contributed by atoms with E-state index in [0.29, 0.717) is 52.5 Å². The van der Waals surface area contributed by atoms with Gasteiger partial charge >= 0.3 is 4.87 Å². The molecule has 12 heteroatoms. The van der Waals surface area contributed by atoms with E-state index in [0.717, 1.165) is 11.3 Å². The van der Waals surface area contributed by atoms with Crippen LogP contribution in [0.5, 0.6) is 0 Å². The molecule has 1 aromatic heterocycles. The molecule has 3 atom stereocenters. The van der Waals surface area contributed by atoms with E-state index in [-0.39, 0.29) is 34.2 Å². The van der Waals surface area contributed by atoms with Crippen molar-refractivity contribution in [2.24, 2.45) is 5.92 Å². The molecule has 196 valence electrons. The SMILES string of the molecule is O=C(Cn1c2c(sc1=O)[C@H](c1cccc(Cl)c1Cl)C1C(=O)N(c3ccccc3)C(=O)C1S2)N1CCOCC1. The lowest BCUT2D eigenvalue weighted by Gasteiger charge is -2.31. The van der Waals surface area contributed by atoms with Gasteiger partial charge in [0.25, 0.3) is 0 Å². The maximum Gasteiger partial charge on any atom is 0.308 e. The van der Waals surface area contributed by atoms with Crippen LogP contribution in [-0.2, 0) is 25.7 Å². The van der Waals surface area contributed by atoms with Crippen molar-refractivity contribution in [2.75, 3.05) is 31.2 Å². The van der Waals surface area contributed by atoms with Crippen LogP contribution in [-0.4, -0.2) is 58.7 Å². The lowest BCUT2D eigenvalue weighted by atomic mass is 9.83. The van der Waals surface area contributed by atoms with E-state index in [2.05, 4.69) is 0 Å². The first-order valence-electron chi connectivity index (χ1n) is 12.0. The minimum absolute atomic E-state index is 0.157. The zero-order valence-corrected chi connectivity index (χ0v) is 23.0. The van der Waals surface area contributed by atoms with Crippen LogP contribution in [0.25, 0.3) is 0 Å². The van der Waals surface area contributed by atoms with Crippen molar-refractivity contribution >= 4 is 69.7 Å². The average Bonchev–Trinajstić information content (AvgIpc) is 3.37. The molecule has 3 aliphatic rings. The maximum absolute atomic E-state index is 13.9. The van der Waals surface area contributed by atoms with Gasteiger partial charge < -0.3 is 9.64 Å². The largest absolute Gasteiger partial charge is 0.378 e. The van der Waals surface area contributed by atoms with E-state index in [9.17, 15) is 19.2 Å². The number of thioether (sulfide) groups is 1. The molecule has 3 amide bonds. The Kier molecular flexibility index (Phi) is 6.86. The van der Waals surface area contributed by atoms with E-state index >= 15 is 0 Å². The number of fused-ring (bicyclic) bond motifs is 2. The van der Waals surface area contributed by atoms with Gasteiger partial charge in [0.2, 0.25) is 17.7 Å². The topological polar surface area (TPSA) is 88.9 Å². The number of halogens is 2. The van der Waals surface area contributed by atoms with Crippen LogP contribution >= 0.6 is 46.3 Å². The number of aromatic nitrogens is 1. The Morgan fingerprint density at radius 2 is 1.71 bits per heavy atom. The third kappa shape index (κ3) is 4.19. The molecule has 0 radical (unpaired) electrons. The second-order valence-corrected chi connectivity index (χ2v) is 12.1. The second kappa shape index (κ2) is 10.2. The number of amides is 3. The fourth-order valence-corrected chi connectivity index (χ4v) is 8.42. The molecule has 0 N–H and O–H groups in total. The number of hydrogen-bond donors (Lipinski definition) is 0. The number of rotatable bonds is 4. The molecule has 6 rings (SSSR count). The summed E-state index contributed by atoms with van der Waals surface area (Å²) in [5.41, 5.74) is 1.05. The summed E-state index contributed by atoms with van der Waals surface area (Å²) in [6.45, 7) is 1.65. The van der Waals surface area contributed by atoms with Crippen LogP contribution in [0.4, 0.5) is 5.69 Å². The number of para-hydroxylation sites is 1. The van der Waals surface area contributed by atoms with E-state index in [1.807, 2.05) is 6.07 Å². The Morgan fingerprint density at radius 3 is 2.45 bits per heavy atom. The van der Waals surface area contributed by atoms with E-state index in [1.54, 1.807) is 47.4 Å². The minimum Gasteiger partial charge on any atom is -0.378 e. The van der Waals surface area contributed by atoms with Gasteiger partial charge in [-0.1, -0.05) is 76.6 Å². The third-order valence-corrected chi connectivity index (χ3v) is 10.5. The van der Waals surface area contributed by atoms with Crippen molar-refractivity contribution in [3.8, 4) is 0 Å². The third-order valence-electron chi connectivity index (χ3n) is 7.04. The van der Waals surface area contributed by atoms with Crippen LogP contribution in [0.2, 0.25) is 10.0 Å². The van der Waals surface area contributed by atoms with Crippen molar-refractivity contribution < 1.29 is 19.1 Å². The first kappa shape index (κ1) is 25.6. The number of anilines is 1. The van der Waals surface area contributed by atoms with Gasteiger partial charge in [0, 0.05) is 23.9 Å². The quantitative estimate of drug-likeness (QED) is 0.429. The molecule has 0 bridgehead atoms. The van der Waals surface area contributed by atoms with Gasteiger partial charge in [0.1, 0.15) is 11.8 Å². The molecule has 2 aromatic carbocycles. The molecule has 0 aliphatic carbocycles. The molecular weight excluding hydrogens is 569 g/mol. The summed E-state index contributed by atoms with van der Waals surface area (Å²) in [6.07, 6.45) is 0. The summed E-state index contributed by atoms with van der Waals surface area (Å²) in [7, 11) is 0. The van der Waals surface area contributed by atoms with Crippen LogP contribution in [0.15, 0.2) is 58.4 Å². The highest BCUT2D eigenvalue weighted by Gasteiger charge is 2.57. The van der Waals surface area contributed by atoms with Crippen molar-refractivity contribution in [3.63, 3.8) is 0 Å². The fourth-order valence-electron chi connectivity index (χ4n) is 5.23. The minimum atomic E-state index is -0.797.